The van der Waals surface area contributed by atoms with Crippen LogP contribution in [-0.2, 0) is 13.3 Å². The molecule has 0 rings (SSSR count). The van der Waals surface area contributed by atoms with Gasteiger partial charge in [-0.2, -0.15) is 11.8 Å². The molecule has 0 heterocycles. The van der Waals surface area contributed by atoms with Crippen molar-refractivity contribution in [2.45, 2.75) is 18.9 Å². The zero-order chi connectivity index (χ0) is 13.9. The van der Waals surface area contributed by atoms with E-state index >= 15 is 0 Å². The molecular formula is C10H24N2O4SSi. The molecule has 0 aliphatic rings. The molecular weight excluding hydrogens is 272 g/mol. The maximum Gasteiger partial charge on any atom is 0.500 e. The summed E-state index contributed by atoms with van der Waals surface area (Å²) in [6, 6.07) is 0.360. The molecule has 3 N–H and O–H groups in total. The zero-order valence-electron chi connectivity index (χ0n) is 11.4. The van der Waals surface area contributed by atoms with Gasteiger partial charge in [0.25, 0.3) is 0 Å². The van der Waals surface area contributed by atoms with E-state index in [2.05, 4.69) is 5.32 Å². The Bertz CT molecular complexity index is 222. The van der Waals surface area contributed by atoms with Crippen molar-refractivity contribution in [3.05, 3.63) is 0 Å². The standard InChI is InChI=1S/C10H24N2O4SSi/c1-14-18(15-2,16-3)9-5-8-17-7-4-6-12-10(11)13/h4-9H2,1-3H3,(H3,11,12,13). The van der Waals surface area contributed by atoms with E-state index in [9.17, 15) is 4.79 Å². The Hall–Kier alpha value is -0.283. The van der Waals surface area contributed by atoms with Crippen molar-refractivity contribution < 1.29 is 18.1 Å². The first-order valence-electron chi connectivity index (χ1n) is 5.86. The van der Waals surface area contributed by atoms with Crippen LogP contribution < -0.4 is 11.1 Å². The highest BCUT2D eigenvalue weighted by atomic mass is 32.2. The summed E-state index contributed by atoms with van der Waals surface area (Å²) in [6.45, 7) is 0.634. The number of carbonyl (C=O) groups excluding carboxylic acids is 1. The van der Waals surface area contributed by atoms with Crippen molar-refractivity contribution in [1.29, 1.82) is 0 Å². The van der Waals surface area contributed by atoms with Crippen LogP contribution in [0.1, 0.15) is 12.8 Å². The Morgan fingerprint density at radius 1 is 1.17 bits per heavy atom. The lowest BCUT2D eigenvalue weighted by Gasteiger charge is -2.24. The van der Waals surface area contributed by atoms with Crippen LogP contribution in [-0.4, -0.2) is 54.2 Å². The molecule has 0 saturated carbocycles. The third-order valence-electron chi connectivity index (χ3n) is 2.47. The Morgan fingerprint density at radius 2 is 1.72 bits per heavy atom. The summed E-state index contributed by atoms with van der Waals surface area (Å²) in [4.78, 5) is 10.4. The molecule has 0 unspecified atom stereocenters. The third-order valence-corrected chi connectivity index (χ3v) is 6.46. The number of thioether (sulfide) groups is 1. The van der Waals surface area contributed by atoms with Crippen molar-refractivity contribution in [2.75, 3.05) is 39.4 Å². The number of hydrogen-bond acceptors (Lipinski definition) is 5. The largest absolute Gasteiger partial charge is 0.500 e. The maximum atomic E-state index is 10.4. The van der Waals surface area contributed by atoms with Crippen LogP contribution in [0.4, 0.5) is 4.79 Å². The van der Waals surface area contributed by atoms with Crippen LogP contribution in [0.25, 0.3) is 0 Å². The van der Waals surface area contributed by atoms with Crippen molar-refractivity contribution in [3.8, 4) is 0 Å². The van der Waals surface area contributed by atoms with Gasteiger partial charge in [-0.15, -0.1) is 0 Å². The van der Waals surface area contributed by atoms with Crippen molar-refractivity contribution in [1.82, 2.24) is 5.32 Å². The number of hydrogen-bond donors (Lipinski definition) is 2. The molecule has 0 saturated heterocycles. The second-order valence-electron chi connectivity index (χ2n) is 3.66. The first kappa shape index (κ1) is 17.7. The molecule has 0 aliphatic carbocycles. The van der Waals surface area contributed by atoms with Gasteiger partial charge < -0.3 is 24.3 Å². The smallest absolute Gasteiger partial charge is 0.377 e. The lowest BCUT2D eigenvalue weighted by Crippen LogP contribution is -2.42. The number of amides is 2. The van der Waals surface area contributed by atoms with E-state index < -0.39 is 14.8 Å². The topological polar surface area (TPSA) is 82.8 Å². The van der Waals surface area contributed by atoms with Gasteiger partial charge in [0.05, 0.1) is 0 Å². The van der Waals surface area contributed by atoms with Gasteiger partial charge in [-0.3, -0.25) is 0 Å². The molecule has 0 fully saturated rings. The van der Waals surface area contributed by atoms with Gasteiger partial charge in [-0.05, 0) is 24.3 Å². The number of urea groups is 1. The van der Waals surface area contributed by atoms with Crippen molar-refractivity contribution in [3.63, 3.8) is 0 Å². The van der Waals surface area contributed by atoms with Gasteiger partial charge in [0.1, 0.15) is 0 Å². The van der Waals surface area contributed by atoms with Crippen molar-refractivity contribution in [2.24, 2.45) is 5.73 Å². The quantitative estimate of drug-likeness (QED) is 0.440. The summed E-state index contributed by atoms with van der Waals surface area (Å²) >= 11 is 1.84. The Balaban J connectivity index is 3.47. The second kappa shape index (κ2) is 10.6. The lowest BCUT2D eigenvalue weighted by molar-refractivity contribution is 0.123. The molecule has 6 nitrogen and oxygen atoms in total. The number of rotatable bonds is 11. The van der Waals surface area contributed by atoms with Crippen LogP contribution >= 0.6 is 11.8 Å². The number of nitrogens with two attached hydrogens (primary N) is 1. The Morgan fingerprint density at radius 3 is 2.22 bits per heavy atom. The molecule has 0 bridgehead atoms. The fourth-order valence-corrected chi connectivity index (χ4v) is 4.31. The number of carbonyl (C=O) groups is 1. The molecule has 0 radical (unpaired) electrons. The van der Waals surface area contributed by atoms with Crippen LogP contribution in [0.3, 0.4) is 0 Å². The summed E-state index contributed by atoms with van der Waals surface area (Å²) in [5.41, 5.74) is 4.95. The Kier molecular flexibility index (Phi) is 10.5. The molecule has 0 atom stereocenters. The van der Waals surface area contributed by atoms with E-state index in [-0.39, 0.29) is 0 Å². The molecule has 8 heteroatoms. The zero-order valence-corrected chi connectivity index (χ0v) is 13.2. The molecule has 108 valence electrons. The highest BCUT2D eigenvalue weighted by molar-refractivity contribution is 7.99. The van der Waals surface area contributed by atoms with Crippen LogP contribution in [0.15, 0.2) is 0 Å². The van der Waals surface area contributed by atoms with Gasteiger partial charge in [-0.1, -0.05) is 0 Å². The second-order valence-corrected chi connectivity index (χ2v) is 7.97. The molecule has 0 aromatic heterocycles. The summed E-state index contributed by atoms with van der Waals surface area (Å²) in [5, 5.41) is 2.56. The fraction of sp³-hybridized carbons (Fsp3) is 0.900. The fourth-order valence-electron chi connectivity index (χ4n) is 1.43. The molecule has 0 aromatic carbocycles. The predicted molar refractivity (Wildman–Crippen MR) is 75.7 cm³/mol. The first-order chi connectivity index (χ1) is 8.60. The summed E-state index contributed by atoms with van der Waals surface area (Å²) in [7, 11) is 2.49. The highest BCUT2D eigenvalue weighted by Crippen LogP contribution is 2.17. The van der Waals surface area contributed by atoms with E-state index in [0.717, 1.165) is 30.4 Å². The maximum absolute atomic E-state index is 10.4. The van der Waals surface area contributed by atoms with Gasteiger partial charge in [0.15, 0.2) is 0 Å². The van der Waals surface area contributed by atoms with Gasteiger partial charge in [0.2, 0.25) is 0 Å². The lowest BCUT2D eigenvalue weighted by atomic mass is 10.5. The van der Waals surface area contributed by atoms with E-state index in [4.69, 9.17) is 19.0 Å². The Labute approximate surface area is 114 Å². The minimum absolute atomic E-state index is 0.462. The van der Waals surface area contributed by atoms with Crippen molar-refractivity contribution >= 4 is 26.6 Å². The molecule has 0 spiro atoms. The van der Waals surface area contributed by atoms with Crippen LogP contribution in [0, 0.1) is 0 Å². The molecule has 18 heavy (non-hydrogen) atoms. The molecule has 0 aromatic rings. The molecule has 0 aliphatic heterocycles. The SMILES string of the molecule is CO[Si](CCCSCCCNC(N)=O)(OC)OC. The van der Waals surface area contributed by atoms with Crippen LogP contribution in [0.2, 0.25) is 6.04 Å². The highest BCUT2D eigenvalue weighted by Gasteiger charge is 2.36. The van der Waals surface area contributed by atoms with Gasteiger partial charge in [0, 0.05) is 33.9 Å². The average molecular weight is 296 g/mol. The number of primary amides is 1. The predicted octanol–water partition coefficient (Wildman–Crippen LogP) is 1.05. The monoisotopic (exact) mass is 296 g/mol. The van der Waals surface area contributed by atoms with E-state index in [0.29, 0.717) is 6.54 Å². The van der Waals surface area contributed by atoms with Crippen LogP contribution in [0.5, 0.6) is 0 Å². The average Bonchev–Trinajstić information content (AvgIpc) is 2.38. The first-order valence-corrected chi connectivity index (χ1v) is 8.95. The van der Waals surface area contributed by atoms with E-state index in [1.54, 1.807) is 21.3 Å². The minimum atomic E-state index is -2.39. The van der Waals surface area contributed by atoms with Gasteiger partial charge >= 0.3 is 14.8 Å². The van der Waals surface area contributed by atoms with E-state index in [1.807, 2.05) is 11.8 Å². The van der Waals surface area contributed by atoms with Gasteiger partial charge in [-0.25, -0.2) is 4.79 Å². The third kappa shape index (κ3) is 7.93. The minimum Gasteiger partial charge on any atom is -0.377 e. The number of nitrogens with one attached hydrogen (secondary N) is 1. The molecule has 2 amide bonds. The summed E-state index contributed by atoms with van der Waals surface area (Å²) in [6.07, 6.45) is 1.92. The summed E-state index contributed by atoms with van der Waals surface area (Å²) in [5.74, 6) is 2.03. The normalized spacial score (nSPS) is 11.5. The van der Waals surface area contributed by atoms with E-state index in [1.165, 1.54) is 0 Å². The summed E-state index contributed by atoms with van der Waals surface area (Å²) < 4.78 is 16.0.